The van der Waals surface area contributed by atoms with E-state index in [0.29, 0.717) is 5.88 Å². The molecule has 0 saturated carbocycles. The van der Waals surface area contributed by atoms with Gasteiger partial charge in [-0.2, -0.15) is 0 Å². The van der Waals surface area contributed by atoms with Gasteiger partial charge in [0.25, 0.3) is 0 Å². The molecule has 1 aromatic heterocycles. The molecule has 3 heteroatoms. The van der Waals surface area contributed by atoms with Gasteiger partial charge in [-0.1, -0.05) is 36.4 Å². The zero-order valence-electron chi connectivity index (χ0n) is 11.3. The number of pyridine rings is 1. The average Bonchev–Trinajstić information content (AvgIpc) is 2.49. The number of aromatic nitrogens is 1. The van der Waals surface area contributed by atoms with Crippen LogP contribution in [0.4, 0.5) is 0 Å². The van der Waals surface area contributed by atoms with Gasteiger partial charge >= 0.3 is 0 Å². The summed E-state index contributed by atoms with van der Waals surface area (Å²) in [6.07, 6.45) is 4.12. The molecule has 1 heterocycles. The Morgan fingerprint density at radius 3 is 2.58 bits per heavy atom. The molecule has 0 radical (unpaired) electrons. The SMILES string of the molecule is COc1ccc(CNCCCc2ccccc2)cn1. The molecule has 0 aliphatic rings. The van der Waals surface area contributed by atoms with E-state index < -0.39 is 0 Å². The predicted octanol–water partition coefficient (Wildman–Crippen LogP) is 2.81. The van der Waals surface area contributed by atoms with Gasteiger partial charge in [0.1, 0.15) is 0 Å². The zero-order valence-corrected chi connectivity index (χ0v) is 11.3. The van der Waals surface area contributed by atoms with Gasteiger partial charge in [-0.05, 0) is 30.5 Å². The van der Waals surface area contributed by atoms with E-state index in [2.05, 4.69) is 40.6 Å². The molecule has 3 nitrogen and oxygen atoms in total. The lowest BCUT2D eigenvalue weighted by Crippen LogP contribution is -2.15. The van der Waals surface area contributed by atoms with Crippen molar-refractivity contribution < 1.29 is 4.74 Å². The van der Waals surface area contributed by atoms with Crippen LogP contribution in [0.1, 0.15) is 17.5 Å². The van der Waals surface area contributed by atoms with Crippen molar-refractivity contribution in [3.05, 3.63) is 59.8 Å². The molecule has 2 rings (SSSR count). The van der Waals surface area contributed by atoms with Gasteiger partial charge in [-0.25, -0.2) is 4.98 Å². The molecule has 0 spiro atoms. The molecule has 0 amide bonds. The maximum Gasteiger partial charge on any atom is 0.212 e. The lowest BCUT2D eigenvalue weighted by atomic mass is 10.1. The molecule has 0 unspecified atom stereocenters. The van der Waals surface area contributed by atoms with Crippen molar-refractivity contribution in [3.63, 3.8) is 0 Å². The minimum absolute atomic E-state index is 0.660. The number of benzene rings is 1. The van der Waals surface area contributed by atoms with Crippen molar-refractivity contribution in [2.45, 2.75) is 19.4 Å². The third-order valence-electron chi connectivity index (χ3n) is 3.00. The van der Waals surface area contributed by atoms with E-state index in [1.54, 1.807) is 7.11 Å². The summed E-state index contributed by atoms with van der Waals surface area (Å²) >= 11 is 0. The van der Waals surface area contributed by atoms with E-state index >= 15 is 0 Å². The van der Waals surface area contributed by atoms with E-state index in [9.17, 15) is 0 Å². The predicted molar refractivity (Wildman–Crippen MR) is 77.3 cm³/mol. The summed E-state index contributed by atoms with van der Waals surface area (Å²) in [5.41, 5.74) is 2.58. The molecule has 1 aromatic carbocycles. The number of hydrogen-bond donors (Lipinski definition) is 1. The van der Waals surface area contributed by atoms with Crippen molar-refractivity contribution in [3.8, 4) is 5.88 Å². The first-order valence-corrected chi connectivity index (χ1v) is 6.62. The highest BCUT2D eigenvalue weighted by Crippen LogP contribution is 2.06. The third kappa shape index (κ3) is 4.72. The summed E-state index contributed by atoms with van der Waals surface area (Å²) < 4.78 is 5.03. The summed E-state index contributed by atoms with van der Waals surface area (Å²) in [5.74, 6) is 0.660. The first-order valence-electron chi connectivity index (χ1n) is 6.62. The van der Waals surface area contributed by atoms with Crippen LogP contribution >= 0.6 is 0 Å². The Morgan fingerprint density at radius 2 is 1.89 bits per heavy atom. The monoisotopic (exact) mass is 256 g/mol. The molecule has 0 saturated heterocycles. The molecule has 2 aromatic rings. The zero-order chi connectivity index (χ0) is 13.3. The molecule has 19 heavy (non-hydrogen) atoms. The number of nitrogens with zero attached hydrogens (tertiary/aromatic N) is 1. The summed E-state index contributed by atoms with van der Waals surface area (Å²) in [5, 5.41) is 3.43. The lowest BCUT2D eigenvalue weighted by molar-refractivity contribution is 0.397. The first-order chi connectivity index (χ1) is 9.38. The highest BCUT2D eigenvalue weighted by Gasteiger charge is 1.96. The molecule has 100 valence electrons. The Balaban J connectivity index is 1.63. The van der Waals surface area contributed by atoms with Gasteiger partial charge in [0.2, 0.25) is 5.88 Å². The number of ether oxygens (including phenoxy) is 1. The van der Waals surface area contributed by atoms with Gasteiger partial charge in [0, 0.05) is 18.8 Å². The number of nitrogens with one attached hydrogen (secondary N) is 1. The normalized spacial score (nSPS) is 10.4. The maximum absolute atomic E-state index is 5.03. The van der Waals surface area contributed by atoms with Gasteiger partial charge in [-0.15, -0.1) is 0 Å². The molecule has 0 aliphatic carbocycles. The van der Waals surface area contributed by atoms with Gasteiger partial charge < -0.3 is 10.1 Å². The van der Waals surface area contributed by atoms with E-state index in [1.165, 1.54) is 11.1 Å². The fourth-order valence-electron chi connectivity index (χ4n) is 1.93. The number of hydrogen-bond acceptors (Lipinski definition) is 3. The second-order valence-electron chi connectivity index (χ2n) is 4.47. The van der Waals surface area contributed by atoms with Crippen molar-refractivity contribution in [2.24, 2.45) is 0 Å². The Bertz CT molecular complexity index is 468. The molecule has 0 aliphatic heterocycles. The van der Waals surface area contributed by atoms with Crippen LogP contribution in [0.3, 0.4) is 0 Å². The molecule has 0 bridgehead atoms. The van der Waals surface area contributed by atoms with Crippen LogP contribution in [0.5, 0.6) is 5.88 Å². The van der Waals surface area contributed by atoms with E-state index in [0.717, 1.165) is 25.9 Å². The van der Waals surface area contributed by atoms with E-state index in [4.69, 9.17) is 4.74 Å². The number of aryl methyl sites for hydroxylation is 1. The van der Waals surface area contributed by atoms with Crippen LogP contribution in [0, 0.1) is 0 Å². The fraction of sp³-hybridized carbons (Fsp3) is 0.312. The average molecular weight is 256 g/mol. The highest BCUT2D eigenvalue weighted by atomic mass is 16.5. The fourth-order valence-corrected chi connectivity index (χ4v) is 1.93. The first kappa shape index (κ1) is 13.6. The largest absolute Gasteiger partial charge is 0.481 e. The van der Waals surface area contributed by atoms with Crippen LogP contribution < -0.4 is 10.1 Å². The van der Waals surface area contributed by atoms with Crippen molar-refractivity contribution in [1.82, 2.24) is 10.3 Å². The van der Waals surface area contributed by atoms with Gasteiger partial charge in [-0.3, -0.25) is 0 Å². The van der Waals surface area contributed by atoms with Crippen LogP contribution in [0.2, 0.25) is 0 Å². The Labute approximate surface area is 114 Å². The van der Waals surface area contributed by atoms with Crippen LogP contribution in [-0.4, -0.2) is 18.6 Å². The summed E-state index contributed by atoms with van der Waals surface area (Å²) in [7, 11) is 1.63. The van der Waals surface area contributed by atoms with Crippen LogP contribution in [-0.2, 0) is 13.0 Å². The molecule has 0 fully saturated rings. The molecule has 0 atom stereocenters. The maximum atomic E-state index is 5.03. The summed E-state index contributed by atoms with van der Waals surface area (Å²) in [6, 6.07) is 14.5. The van der Waals surface area contributed by atoms with Crippen LogP contribution in [0.25, 0.3) is 0 Å². The van der Waals surface area contributed by atoms with E-state index in [1.807, 2.05) is 18.3 Å². The Hall–Kier alpha value is -1.87. The van der Waals surface area contributed by atoms with Gasteiger partial charge in [0.15, 0.2) is 0 Å². The van der Waals surface area contributed by atoms with Crippen molar-refractivity contribution in [2.75, 3.05) is 13.7 Å². The Kier molecular flexibility index (Phi) is 5.38. The second-order valence-corrected chi connectivity index (χ2v) is 4.47. The minimum Gasteiger partial charge on any atom is -0.481 e. The second kappa shape index (κ2) is 7.54. The number of methoxy groups -OCH3 is 1. The van der Waals surface area contributed by atoms with Gasteiger partial charge in [0.05, 0.1) is 7.11 Å². The lowest BCUT2D eigenvalue weighted by Gasteiger charge is -2.05. The summed E-state index contributed by atoms with van der Waals surface area (Å²) in [4.78, 5) is 4.18. The van der Waals surface area contributed by atoms with Crippen molar-refractivity contribution in [1.29, 1.82) is 0 Å². The smallest absolute Gasteiger partial charge is 0.212 e. The van der Waals surface area contributed by atoms with E-state index in [-0.39, 0.29) is 0 Å². The molecule has 1 N–H and O–H groups in total. The molecular formula is C16H20N2O. The standard InChI is InChI=1S/C16H20N2O/c1-19-16-10-9-15(13-18-16)12-17-11-5-8-14-6-3-2-4-7-14/h2-4,6-7,9-10,13,17H,5,8,11-12H2,1H3. The van der Waals surface area contributed by atoms with Crippen LogP contribution in [0.15, 0.2) is 48.7 Å². The molecular weight excluding hydrogens is 236 g/mol. The minimum atomic E-state index is 0.660. The topological polar surface area (TPSA) is 34.1 Å². The highest BCUT2D eigenvalue weighted by molar-refractivity contribution is 5.17. The van der Waals surface area contributed by atoms with Crippen molar-refractivity contribution >= 4 is 0 Å². The third-order valence-corrected chi connectivity index (χ3v) is 3.00. The quantitative estimate of drug-likeness (QED) is 0.773. The summed E-state index contributed by atoms with van der Waals surface area (Å²) in [6.45, 7) is 1.87. The number of rotatable bonds is 7. The Morgan fingerprint density at radius 1 is 1.05 bits per heavy atom.